The molecular formula is C17H23N3O3. The van der Waals surface area contributed by atoms with Crippen LogP contribution in [-0.4, -0.2) is 43.1 Å². The number of hydrogen-bond donors (Lipinski definition) is 2. The van der Waals surface area contributed by atoms with E-state index in [1.807, 2.05) is 23.1 Å². The summed E-state index contributed by atoms with van der Waals surface area (Å²) in [5.41, 5.74) is 0.739. The highest BCUT2D eigenvalue weighted by atomic mass is 16.5. The first-order chi connectivity index (χ1) is 11.2. The van der Waals surface area contributed by atoms with Crippen molar-refractivity contribution in [1.29, 1.82) is 0 Å². The molecule has 0 spiro atoms. The van der Waals surface area contributed by atoms with Gasteiger partial charge in [0.25, 0.3) is 0 Å². The van der Waals surface area contributed by atoms with E-state index in [9.17, 15) is 9.59 Å². The number of anilines is 1. The van der Waals surface area contributed by atoms with Gasteiger partial charge in [-0.1, -0.05) is 6.07 Å². The molecule has 6 nitrogen and oxygen atoms in total. The molecule has 6 heteroatoms. The summed E-state index contributed by atoms with van der Waals surface area (Å²) in [6, 6.07) is 7.72. The molecule has 0 radical (unpaired) electrons. The number of carbonyl (C=O) groups excluding carboxylic acids is 2. The summed E-state index contributed by atoms with van der Waals surface area (Å²) in [5, 5.41) is 5.93. The van der Waals surface area contributed by atoms with Crippen molar-refractivity contribution in [2.24, 2.45) is 5.92 Å². The van der Waals surface area contributed by atoms with Crippen LogP contribution in [0.25, 0.3) is 0 Å². The van der Waals surface area contributed by atoms with Gasteiger partial charge in [0, 0.05) is 36.8 Å². The zero-order valence-electron chi connectivity index (χ0n) is 13.4. The van der Waals surface area contributed by atoms with Crippen LogP contribution in [0.15, 0.2) is 24.3 Å². The first-order valence-corrected chi connectivity index (χ1v) is 8.16. The number of likely N-dealkylation sites (tertiary alicyclic amines) is 1. The number of methoxy groups -OCH3 is 1. The summed E-state index contributed by atoms with van der Waals surface area (Å²) in [4.78, 5) is 26.2. The highest BCUT2D eigenvalue weighted by molar-refractivity contribution is 5.93. The first-order valence-electron chi connectivity index (χ1n) is 8.16. The van der Waals surface area contributed by atoms with Crippen molar-refractivity contribution in [3.8, 4) is 5.75 Å². The third-order valence-electron chi connectivity index (χ3n) is 4.40. The maximum Gasteiger partial charge on any atom is 0.317 e. The summed E-state index contributed by atoms with van der Waals surface area (Å²) in [5.74, 6) is 0.682. The van der Waals surface area contributed by atoms with Gasteiger partial charge >= 0.3 is 6.03 Å². The number of ether oxygens (including phenoxy) is 1. The molecule has 1 aromatic rings. The number of piperidine rings is 1. The third kappa shape index (κ3) is 4.15. The molecule has 1 aliphatic heterocycles. The number of nitrogens with one attached hydrogen (secondary N) is 2. The van der Waals surface area contributed by atoms with Gasteiger partial charge in [0.05, 0.1) is 7.11 Å². The molecule has 2 aliphatic rings. The van der Waals surface area contributed by atoms with Crippen molar-refractivity contribution < 1.29 is 14.3 Å². The Hall–Kier alpha value is -2.24. The summed E-state index contributed by atoms with van der Waals surface area (Å²) < 4.78 is 5.16. The van der Waals surface area contributed by atoms with Crippen molar-refractivity contribution in [2.75, 3.05) is 25.5 Å². The molecule has 0 unspecified atom stereocenters. The van der Waals surface area contributed by atoms with Crippen LogP contribution in [0.4, 0.5) is 10.5 Å². The molecule has 0 aromatic heterocycles. The second-order valence-electron chi connectivity index (χ2n) is 6.21. The largest absolute Gasteiger partial charge is 0.497 e. The first kappa shape index (κ1) is 15.6. The second kappa shape index (κ2) is 6.89. The molecule has 3 rings (SSSR count). The van der Waals surface area contributed by atoms with Crippen molar-refractivity contribution in [2.45, 2.75) is 31.7 Å². The number of nitrogens with zero attached hydrogens (tertiary/aromatic N) is 1. The van der Waals surface area contributed by atoms with E-state index in [0.29, 0.717) is 32.0 Å². The Morgan fingerprint density at radius 2 is 1.91 bits per heavy atom. The Morgan fingerprint density at radius 1 is 1.17 bits per heavy atom. The summed E-state index contributed by atoms with van der Waals surface area (Å²) >= 11 is 0. The molecule has 2 fully saturated rings. The maximum absolute atomic E-state index is 12.4. The van der Waals surface area contributed by atoms with Gasteiger partial charge in [0.1, 0.15) is 5.75 Å². The minimum atomic E-state index is -0.0498. The van der Waals surface area contributed by atoms with E-state index in [0.717, 1.165) is 24.3 Å². The van der Waals surface area contributed by atoms with Gasteiger partial charge in [0.2, 0.25) is 5.91 Å². The number of amides is 3. The van der Waals surface area contributed by atoms with Crippen LogP contribution in [0.2, 0.25) is 0 Å². The molecule has 1 saturated heterocycles. The molecule has 3 amide bonds. The molecule has 0 atom stereocenters. The molecule has 23 heavy (non-hydrogen) atoms. The van der Waals surface area contributed by atoms with Gasteiger partial charge in [0.15, 0.2) is 0 Å². The number of carbonyl (C=O) groups is 2. The van der Waals surface area contributed by atoms with E-state index in [4.69, 9.17) is 4.74 Å². The zero-order valence-corrected chi connectivity index (χ0v) is 13.4. The number of rotatable bonds is 4. The Kier molecular flexibility index (Phi) is 4.69. The van der Waals surface area contributed by atoms with Crippen LogP contribution in [0.5, 0.6) is 5.75 Å². The molecule has 2 N–H and O–H groups in total. The lowest BCUT2D eigenvalue weighted by Gasteiger charge is -2.31. The Labute approximate surface area is 136 Å². The minimum absolute atomic E-state index is 0.0131. The number of urea groups is 1. The van der Waals surface area contributed by atoms with E-state index < -0.39 is 0 Å². The van der Waals surface area contributed by atoms with Crippen molar-refractivity contribution >= 4 is 17.6 Å². The second-order valence-corrected chi connectivity index (χ2v) is 6.21. The lowest BCUT2D eigenvalue weighted by molar-refractivity contribution is -0.121. The van der Waals surface area contributed by atoms with E-state index >= 15 is 0 Å². The van der Waals surface area contributed by atoms with Gasteiger partial charge in [-0.05, 0) is 37.8 Å². The topological polar surface area (TPSA) is 70.7 Å². The van der Waals surface area contributed by atoms with Gasteiger partial charge < -0.3 is 20.3 Å². The summed E-state index contributed by atoms with van der Waals surface area (Å²) in [7, 11) is 1.60. The van der Waals surface area contributed by atoms with E-state index in [2.05, 4.69) is 10.6 Å². The van der Waals surface area contributed by atoms with Crippen LogP contribution in [-0.2, 0) is 4.79 Å². The smallest absolute Gasteiger partial charge is 0.317 e. The molecular weight excluding hydrogens is 294 g/mol. The predicted octanol–water partition coefficient (Wildman–Crippen LogP) is 2.22. The SMILES string of the molecule is COc1cccc(NC(=O)C2CCN(C(=O)NC3CC3)CC2)c1. The molecule has 1 aliphatic carbocycles. The van der Waals surface area contributed by atoms with Gasteiger partial charge in [-0.15, -0.1) is 0 Å². The van der Waals surface area contributed by atoms with Gasteiger partial charge in [-0.2, -0.15) is 0 Å². The fraction of sp³-hybridized carbons (Fsp3) is 0.529. The zero-order chi connectivity index (χ0) is 16.2. The normalized spacial score (nSPS) is 18.4. The van der Waals surface area contributed by atoms with E-state index in [-0.39, 0.29) is 17.9 Å². The van der Waals surface area contributed by atoms with E-state index in [1.54, 1.807) is 13.2 Å². The standard InChI is InChI=1S/C17H23N3O3/c1-23-15-4-2-3-14(11-15)18-16(21)12-7-9-20(10-8-12)17(22)19-13-5-6-13/h2-4,11-13H,5-10H2,1H3,(H,18,21)(H,19,22). The quantitative estimate of drug-likeness (QED) is 0.894. The summed E-state index contributed by atoms with van der Waals surface area (Å²) in [6.45, 7) is 1.27. The molecule has 1 saturated carbocycles. The Bertz CT molecular complexity index is 578. The fourth-order valence-corrected chi connectivity index (χ4v) is 2.78. The molecule has 1 aromatic carbocycles. The fourth-order valence-electron chi connectivity index (χ4n) is 2.78. The van der Waals surface area contributed by atoms with Crippen molar-refractivity contribution in [1.82, 2.24) is 10.2 Å². The Morgan fingerprint density at radius 3 is 2.57 bits per heavy atom. The van der Waals surface area contributed by atoms with Gasteiger partial charge in [-0.3, -0.25) is 4.79 Å². The number of hydrogen-bond acceptors (Lipinski definition) is 3. The van der Waals surface area contributed by atoms with Crippen molar-refractivity contribution in [3.63, 3.8) is 0 Å². The van der Waals surface area contributed by atoms with Gasteiger partial charge in [-0.25, -0.2) is 4.79 Å². The average Bonchev–Trinajstić information content (AvgIpc) is 3.39. The summed E-state index contributed by atoms with van der Waals surface area (Å²) in [6.07, 6.45) is 3.58. The van der Waals surface area contributed by atoms with Crippen LogP contribution >= 0.6 is 0 Å². The lowest BCUT2D eigenvalue weighted by atomic mass is 9.96. The monoisotopic (exact) mass is 317 g/mol. The highest BCUT2D eigenvalue weighted by Crippen LogP contribution is 2.23. The average molecular weight is 317 g/mol. The maximum atomic E-state index is 12.4. The van der Waals surface area contributed by atoms with Crippen molar-refractivity contribution in [3.05, 3.63) is 24.3 Å². The van der Waals surface area contributed by atoms with Crippen LogP contribution in [0, 0.1) is 5.92 Å². The molecule has 1 heterocycles. The third-order valence-corrected chi connectivity index (χ3v) is 4.40. The number of benzene rings is 1. The van der Waals surface area contributed by atoms with E-state index in [1.165, 1.54) is 0 Å². The molecule has 0 bridgehead atoms. The van der Waals surface area contributed by atoms with Crippen LogP contribution < -0.4 is 15.4 Å². The Balaban J connectivity index is 1.48. The minimum Gasteiger partial charge on any atom is -0.497 e. The van der Waals surface area contributed by atoms with Crippen LogP contribution in [0.3, 0.4) is 0 Å². The highest BCUT2D eigenvalue weighted by Gasteiger charge is 2.30. The lowest BCUT2D eigenvalue weighted by Crippen LogP contribution is -2.46. The molecule has 124 valence electrons. The predicted molar refractivity (Wildman–Crippen MR) is 87.5 cm³/mol. The van der Waals surface area contributed by atoms with Crippen LogP contribution in [0.1, 0.15) is 25.7 Å².